The number of hydrogen-bond acceptors (Lipinski definition) is 4. The van der Waals surface area contributed by atoms with Gasteiger partial charge in [0.2, 0.25) is 5.91 Å². The second kappa shape index (κ2) is 13.1. The lowest BCUT2D eigenvalue weighted by Crippen LogP contribution is -2.42. The summed E-state index contributed by atoms with van der Waals surface area (Å²) in [4.78, 5) is 14.5. The summed E-state index contributed by atoms with van der Waals surface area (Å²) in [6.07, 6.45) is 12.3. The normalized spacial score (nSPS) is 26.7. The number of thioether (sulfide) groups is 1. The molecule has 0 aromatic heterocycles. The van der Waals surface area contributed by atoms with Gasteiger partial charge in [-0.1, -0.05) is 50.0 Å². The molecule has 1 fully saturated rings. The molecule has 31 heavy (non-hydrogen) atoms. The molecular weight excluding hydrogens is 406 g/mol. The van der Waals surface area contributed by atoms with E-state index in [0.717, 1.165) is 50.0 Å². The van der Waals surface area contributed by atoms with Gasteiger partial charge in [-0.25, -0.2) is 0 Å². The quantitative estimate of drug-likeness (QED) is 0.299. The molecule has 0 spiro atoms. The molecule has 5 atom stereocenters. The van der Waals surface area contributed by atoms with Gasteiger partial charge < -0.3 is 15.1 Å². The molecule has 2 aliphatic carbocycles. The van der Waals surface area contributed by atoms with Crippen molar-refractivity contribution in [2.75, 3.05) is 11.5 Å². The molecule has 0 aliphatic heterocycles. The summed E-state index contributed by atoms with van der Waals surface area (Å²) >= 11 is 1.85. The van der Waals surface area contributed by atoms with Gasteiger partial charge in [0.1, 0.15) is 0 Å². The highest BCUT2D eigenvalue weighted by molar-refractivity contribution is 7.99. The highest BCUT2D eigenvalue weighted by Gasteiger charge is 2.43. The molecular formula is C26H45NO3S. The summed E-state index contributed by atoms with van der Waals surface area (Å²) in [6.45, 7) is 10.5. The SMILES string of the molecule is CCCCC[C@H](O)/C=C/[C@@H]1[C@H]2CC(CSCCC(=O)N(C(C)C)C(C)C)=C[C@H]2C[C@H]1O. The highest BCUT2D eigenvalue weighted by atomic mass is 32.2. The van der Waals surface area contributed by atoms with Gasteiger partial charge in [-0.05, 0) is 58.8 Å². The molecule has 0 unspecified atom stereocenters. The van der Waals surface area contributed by atoms with Crippen molar-refractivity contribution >= 4 is 17.7 Å². The number of carbonyl (C=O) groups is 1. The maximum Gasteiger partial charge on any atom is 0.223 e. The van der Waals surface area contributed by atoms with E-state index in [-0.39, 0.29) is 30.0 Å². The number of aliphatic hydroxyl groups is 2. The maximum atomic E-state index is 12.5. The van der Waals surface area contributed by atoms with Gasteiger partial charge in [0.25, 0.3) is 0 Å². The van der Waals surface area contributed by atoms with E-state index in [4.69, 9.17) is 0 Å². The minimum atomic E-state index is -0.393. The number of aliphatic hydroxyl groups excluding tert-OH is 2. The van der Waals surface area contributed by atoms with Crippen LogP contribution in [0.5, 0.6) is 0 Å². The van der Waals surface area contributed by atoms with Crippen LogP contribution in [-0.4, -0.2) is 56.8 Å². The maximum absolute atomic E-state index is 12.5. The second-order valence-electron chi connectivity index (χ2n) is 9.98. The molecule has 1 saturated carbocycles. The molecule has 2 aliphatic rings. The first-order valence-electron chi connectivity index (χ1n) is 12.4. The number of allylic oxidation sites excluding steroid dienone is 1. The third kappa shape index (κ3) is 7.94. The van der Waals surface area contributed by atoms with Crippen LogP contribution >= 0.6 is 11.8 Å². The molecule has 2 rings (SSSR count). The summed E-state index contributed by atoms with van der Waals surface area (Å²) in [7, 11) is 0. The second-order valence-corrected chi connectivity index (χ2v) is 11.1. The first-order valence-corrected chi connectivity index (χ1v) is 13.5. The molecule has 178 valence electrons. The minimum absolute atomic E-state index is 0.150. The lowest BCUT2D eigenvalue weighted by atomic mass is 9.89. The van der Waals surface area contributed by atoms with Crippen LogP contribution in [0.1, 0.15) is 79.6 Å². The Bertz CT molecular complexity index is 608. The van der Waals surface area contributed by atoms with E-state index in [0.29, 0.717) is 18.3 Å². The zero-order chi connectivity index (χ0) is 23.0. The number of nitrogens with zero attached hydrogens (tertiary/aromatic N) is 1. The van der Waals surface area contributed by atoms with Crippen molar-refractivity contribution < 1.29 is 15.0 Å². The zero-order valence-electron chi connectivity index (χ0n) is 20.3. The molecule has 0 aromatic rings. The van der Waals surface area contributed by atoms with E-state index in [2.05, 4.69) is 46.8 Å². The van der Waals surface area contributed by atoms with Crippen LogP contribution < -0.4 is 0 Å². The zero-order valence-corrected chi connectivity index (χ0v) is 21.1. The van der Waals surface area contributed by atoms with Crippen LogP contribution in [0.15, 0.2) is 23.8 Å². The topological polar surface area (TPSA) is 60.8 Å². The van der Waals surface area contributed by atoms with Crippen molar-refractivity contribution in [3.05, 3.63) is 23.8 Å². The Morgan fingerprint density at radius 3 is 2.61 bits per heavy atom. The Morgan fingerprint density at radius 1 is 1.26 bits per heavy atom. The largest absolute Gasteiger partial charge is 0.392 e. The van der Waals surface area contributed by atoms with E-state index in [1.165, 1.54) is 5.57 Å². The smallest absolute Gasteiger partial charge is 0.223 e. The van der Waals surface area contributed by atoms with Crippen molar-refractivity contribution in [2.24, 2.45) is 17.8 Å². The van der Waals surface area contributed by atoms with E-state index in [1.54, 1.807) is 0 Å². The first-order chi connectivity index (χ1) is 14.7. The van der Waals surface area contributed by atoms with Gasteiger partial charge in [-0.2, -0.15) is 11.8 Å². The van der Waals surface area contributed by atoms with Gasteiger partial charge >= 0.3 is 0 Å². The van der Waals surface area contributed by atoms with Gasteiger partial charge in [0.15, 0.2) is 0 Å². The molecule has 5 heteroatoms. The van der Waals surface area contributed by atoms with Gasteiger partial charge in [0, 0.05) is 35.9 Å². The summed E-state index contributed by atoms with van der Waals surface area (Å²) in [5.41, 5.74) is 1.46. The molecule has 0 aromatic carbocycles. The van der Waals surface area contributed by atoms with Crippen LogP contribution in [0.2, 0.25) is 0 Å². The Morgan fingerprint density at radius 2 is 1.97 bits per heavy atom. The Hall–Kier alpha value is -0.780. The fraction of sp³-hybridized carbons (Fsp3) is 0.808. The van der Waals surface area contributed by atoms with E-state index < -0.39 is 6.10 Å². The number of hydrogen-bond donors (Lipinski definition) is 2. The van der Waals surface area contributed by atoms with Crippen LogP contribution in [0.4, 0.5) is 0 Å². The summed E-state index contributed by atoms with van der Waals surface area (Å²) < 4.78 is 0. The molecule has 4 nitrogen and oxygen atoms in total. The lowest BCUT2D eigenvalue weighted by molar-refractivity contribution is -0.134. The van der Waals surface area contributed by atoms with E-state index in [1.807, 2.05) is 22.7 Å². The number of rotatable bonds is 13. The van der Waals surface area contributed by atoms with E-state index in [9.17, 15) is 15.0 Å². The van der Waals surface area contributed by atoms with Gasteiger partial charge in [0.05, 0.1) is 12.2 Å². The minimum Gasteiger partial charge on any atom is -0.392 e. The molecule has 0 heterocycles. The molecule has 0 radical (unpaired) electrons. The Balaban J connectivity index is 1.76. The van der Waals surface area contributed by atoms with Crippen molar-refractivity contribution in [3.8, 4) is 0 Å². The fourth-order valence-electron chi connectivity index (χ4n) is 5.33. The van der Waals surface area contributed by atoms with Crippen molar-refractivity contribution in [1.29, 1.82) is 0 Å². The number of carbonyl (C=O) groups excluding carboxylic acids is 1. The monoisotopic (exact) mass is 451 g/mol. The third-order valence-electron chi connectivity index (χ3n) is 6.76. The van der Waals surface area contributed by atoms with Crippen LogP contribution in [0, 0.1) is 17.8 Å². The third-order valence-corrected chi connectivity index (χ3v) is 7.82. The average Bonchev–Trinajstić information content (AvgIpc) is 3.19. The first kappa shape index (κ1) is 26.5. The molecule has 1 amide bonds. The lowest BCUT2D eigenvalue weighted by Gasteiger charge is -2.30. The van der Waals surface area contributed by atoms with Crippen LogP contribution in [-0.2, 0) is 4.79 Å². The van der Waals surface area contributed by atoms with Gasteiger partial charge in [-0.3, -0.25) is 4.79 Å². The summed E-state index contributed by atoms with van der Waals surface area (Å²) in [6, 6.07) is 0.493. The van der Waals surface area contributed by atoms with Crippen molar-refractivity contribution in [2.45, 2.75) is 104 Å². The number of amides is 1. The van der Waals surface area contributed by atoms with Crippen LogP contribution in [0.3, 0.4) is 0 Å². The summed E-state index contributed by atoms with van der Waals surface area (Å²) in [5.74, 6) is 3.16. The summed E-state index contributed by atoms with van der Waals surface area (Å²) in [5, 5.41) is 20.7. The molecule has 0 saturated heterocycles. The Kier molecular flexibility index (Phi) is 11.1. The average molecular weight is 452 g/mol. The van der Waals surface area contributed by atoms with Crippen LogP contribution in [0.25, 0.3) is 0 Å². The van der Waals surface area contributed by atoms with E-state index >= 15 is 0 Å². The fourth-order valence-corrected chi connectivity index (χ4v) is 6.27. The highest BCUT2D eigenvalue weighted by Crippen LogP contribution is 2.47. The predicted octanol–water partition coefficient (Wildman–Crippen LogP) is 5.20. The van der Waals surface area contributed by atoms with Gasteiger partial charge in [-0.15, -0.1) is 0 Å². The molecule has 2 N–H and O–H groups in total. The standard InChI is InChI=1S/C26H45NO3S/c1-6-7-8-9-22(28)10-11-23-24-15-20(14-21(24)16-25(23)29)17-31-13-12-26(30)27(18(2)3)19(4)5/h10-11,14,18-19,21-25,28-29H,6-9,12-13,15-17H2,1-5H3/b11-10+/t21-,22-,23+,24-,25+/m0/s1. The van der Waals surface area contributed by atoms with Crippen molar-refractivity contribution in [3.63, 3.8) is 0 Å². The Labute approximate surface area is 194 Å². The van der Waals surface area contributed by atoms with Crippen molar-refractivity contribution in [1.82, 2.24) is 4.90 Å². The number of fused-ring (bicyclic) bond motifs is 1. The number of unbranched alkanes of at least 4 members (excludes halogenated alkanes) is 2. The predicted molar refractivity (Wildman–Crippen MR) is 132 cm³/mol. The molecule has 0 bridgehead atoms.